The molecule has 0 unspecified atom stereocenters. The fraction of sp³-hybridized carbons (Fsp3) is 0.0455. The average Bonchev–Trinajstić information content (AvgIpc) is 3.36. The van der Waals surface area contributed by atoms with Crippen LogP contribution in [-0.4, -0.2) is 11.2 Å². The van der Waals surface area contributed by atoms with Crippen LogP contribution in [0.25, 0.3) is 22.8 Å². The van der Waals surface area contributed by atoms with Gasteiger partial charge >= 0.3 is 0 Å². The van der Waals surface area contributed by atoms with E-state index in [9.17, 15) is 5.26 Å². The molecule has 6 nitrogen and oxygen atoms in total. The molecule has 0 bridgehead atoms. The van der Waals surface area contributed by atoms with E-state index in [1.807, 2.05) is 61.5 Å². The zero-order valence-corrected chi connectivity index (χ0v) is 16.1. The van der Waals surface area contributed by atoms with Crippen molar-refractivity contribution in [1.29, 1.82) is 5.26 Å². The van der Waals surface area contributed by atoms with Crippen molar-refractivity contribution in [1.82, 2.24) is 4.98 Å². The molecule has 0 saturated carbocycles. The lowest BCUT2D eigenvalue weighted by molar-refractivity contribution is 0.574. The molecule has 2 aromatic heterocycles. The lowest BCUT2D eigenvalue weighted by Crippen LogP contribution is -1.90. The monoisotopic (exact) mass is 402 g/mol. The van der Waals surface area contributed by atoms with Gasteiger partial charge in [0.05, 0.1) is 11.2 Å². The highest BCUT2D eigenvalue weighted by Crippen LogP contribution is 2.29. The average molecular weight is 403 g/mol. The van der Waals surface area contributed by atoms with E-state index in [1.54, 1.807) is 12.1 Å². The molecule has 4 aromatic rings. The molecule has 0 atom stereocenters. The van der Waals surface area contributed by atoms with Crippen LogP contribution in [-0.2, 0) is 0 Å². The van der Waals surface area contributed by atoms with E-state index in [0.29, 0.717) is 22.4 Å². The van der Waals surface area contributed by atoms with Crippen LogP contribution in [0.2, 0.25) is 5.02 Å². The van der Waals surface area contributed by atoms with Crippen molar-refractivity contribution in [2.24, 2.45) is 5.10 Å². The molecule has 0 aliphatic heterocycles. The maximum atomic E-state index is 9.30. The summed E-state index contributed by atoms with van der Waals surface area (Å²) < 4.78 is 11.4. The summed E-state index contributed by atoms with van der Waals surface area (Å²) in [5, 5.41) is 14.0. The predicted octanol–water partition coefficient (Wildman–Crippen LogP) is 5.88. The van der Waals surface area contributed by atoms with Crippen LogP contribution >= 0.6 is 11.6 Å². The van der Waals surface area contributed by atoms with Gasteiger partial charge in [0.25, 0.3) is 5.88 Å². The van der Waals surface area contributed by atoms with Gasteiger partial charge in [-0.25, -0.2) is 5.43 Å². The van der Waals surface area contributed by atoms with Gasteiger partial charge in [-0.2, -0.15) is 15.3 Å². The third kappa shape index (κ3) is 4.05. The smallest absolute Gasteiger partial charge is 0.252 e. The van der Waals surface area contributed by atoms with Crippen molar-refractivity contribution in [3.05, 3.63) is 82.7 Å². The first kappa shape index (κ1) is 18.5. The highest BCUT2D eigenvalue weighted by atomic mass is 35.5. The van der Waals surface area contributed by atoms with Gasteiger partial charge in [0.1, 0.15) is 17.6 Å². The van der Waals surface area contributed by atoms with Crippen molar-refractivity contribution in [3.8, 4) is 28.8 Å². The van der Waals surface area contributed by atoms with Crippen molar-refractivity contribution >= 4 is 23.7 Å². The summed E-state index contributed by atoms with van der Waals surface area (Å²) in [5.41, 5.74) is 5.52. The molecule has 0 radical (unpaired) electrons. The van der Waals surface area contributed by atoms with Crippen LogP contribution in [0.4, 0.5) is 5.88 Å². The molecule has 1 N–H and O–H groups in total. The highest BCUT2D eigenvalue weighted by molar-refractivity contribution is 6.33. The minimum atomic E-state index is 0.119. The van der Waals surface area contributed by atoms with Gasteiger partial charge in [0, 0.05) is 11.1 Å². The van der Waals surface area contributed by atoms with E-state index < -0.39 is 0 Å². The molecule has 0 saturated heterocycles. The molecule has 2 heterocycles. The number of oxazole rings is 1. The highest BCUT2D eigenvalue weighted by Gasteiger charge is 2.14. The fourth-order valence-corrected chi connectivity index (χ4v) is 2.90. The number of furan rings is 1. The van der Waals surface area contributed by atoms with Crippen LogP contribution in [0.15, 0.2) is 74.6 Å². The van der Waals surface area contributed by atoms with E-state index >= 15 is 0 Å². The lowest BCUT2D eigenvalue weighted by atomic mass is 10.1. The summed E-state index contributed by atoms with van der Waals surface area (Å²) in [6, 6.07) is 20.7. The lowest BCUT2D eigenvalue weighted by Gasteiger charge is -1.99. The number of rotatable bonds is 5. The number of nitrogens with zero attached hydrogens (tertiary/aromatic N) is 3. The summed E-state index contributed by atoms with van der Waals surface area (Å²) in [6.45, 7) is 1.99. The predicted molar refractivity (Wildman–Crippen MR) is 112 cm³/mol. The number of aromatic nitrogens is 1. The Morgan fingerprint density at radius 1 is 1.07 bits per heavy atom. The maximum Gasteiger partial charge on any atom is 0.252 e. The van der Waals surface area contributed by atoms with E-state index in [2.05, 4.69) is 15.5 Å². The third-order valence-electron chi connectivity index (χ3n) is 4.16. The molecule has 0 aliphatic carbocycles. The van der Waals surface area contributed by atoms with Crippen LogP contribution in [0.3, 0.4) is 0 Å². The molecule has 142 valence electrons. The van der Waals surface area contributed by atoms with E-state index in [4.69, 9.17) is 20.4 Å². The van der Waals surface area contributed by atoms with Crippen molar-refractivity contribution in [2.75, 3.05) is 5.43 Å². The minimum absolute atomic E-state index is 0.119. The number of hydrogen-bond donors (Lipinski definition) is 1. The van der Waals surface area contributed by atoms with Crippen molar-refractivity contribution < 1.29 is 8.83 Å². The number of anilines is 1. The Labute approximate surface area is 172 Å². The number of aryl methyl sites for hydroxylation is 1. The summed E-state index contributed by atoms with van der Waals surface area (Å²) in [4.78, 5) is 4.21. The standard InChI is InChI=1S/C22H15ClN4O2/c1-14-6-8-15(9-7-14)21-26-19(12-24)22(29-21)27-25-13-16-10-11-20(28-16)17-4-2-3-5-18(17)23/h2-11,13,27H,1H3/b25-13+. The topological polar surface area (TPSA) is 87.4 Å². The SMILES string of the molecule is Cc1ccc(-c2nc(C#N)c(N/N=C/c3ccc(-c4ccccc4Cl)o3)o2)cc1. The van der Waals surface area contributed by atoms with Gasteiger partial charge in [-0.1, -0.05) is 41.4 Å². The minimum Gasteiger partial charge on any atom is -0.455 e. The van der Waals surface area contributed by atoms with Gasteiger partial charge in [-0.05, 0) is 43.3 Å². The number of nitrogens with one attached hydrogen (secondary N) is 1. The quantitative estimate of drug-likeness (QED) is 0.332. The van der Waals surface area contributed by atoms with Crippen molar-refractivity contribution in [2.45, 2.75) is 6.92 Å². The Kier molecular flexibility index (Phi) is 5.14. The van der Waals surface area contributed by atoms with Gasteiger partial charge in [-0.3, -0.25) is 0 Å². The van der Waals surface area contributed by atoms with Crippen molar-refractivity contribution in [3.63, 3.8) is 0 Å². The van der Waals surface area contributed by atoms with E-state index in [-0.39, 0.29) is 11.6 Å². The normalized spacial score (nSPS) is 10.9. The summed E-state index contributed by atoms with van der Waals surface area (Å²) in [6.07, 6.45) is 1.48. The number of benzene rings is 2. The number of nitriles is 1. The van der Waals surface area contributed by atoms with Gasteiger partial charge in [0.15, 0.2) is 0 Å². The molecule has 2 aromatic carbocycles. The van der Waals surface area contributed by atoms with Crippen LogP contribution in [0.1, 0.15) is 17.0 Å². The second-order valence-corrected chi connectivity index (χ2v) is 6.63. The molecule has 29 heavy (non-hydrogen) atoms. The molecular weight excluding hydrogens is 388 g/mol. The summed E-state index contributed by atoms with van der Waals surface area (Å²) in [5.74, 6) is 1.66. The number of halogens is 1. The third-order valence-corrected chi connectivity index (χ3v) is 4.49. The first-order valence-corrected chi connectivity index (χ1v) is 9.13. The molecule has 4 rings (SSSR count). The van der Waals surface area contributed by atoms with Gasteiger partial charge in [0.2, 0.25) is 11.6 Å². The van der Waals surface area contributed by atoms with Gasteiger partial charge in [-0.15, -0.1) is 0 Å². The second-order valence-electron chi connectivity index (χ2n) is 6.23. The number of hydrogen-bond acceptors (Lipinski definition) is 6. The maximum absolute atomic E-state index is 9.30. The summed E-state index contributed by atoms with van der Waals surface area (Å²) >= 11 is 6.19. The first-order chi connectivity index (χ1) is 14.1. The Morgan fingerprint density at radius 3 is 2.62 bits per heavy atom. The summed E-state index contributed by atoms with van der Waals surface area (Å²) in [7, 11) is 0. The fourth-order valence-electron chi connectivity index (χ4n) is 2.67. The molecular formula is C22H15ClN4O2. The Bertz CT molecular complexity index is 1220. The molecule has 0 fully saturated rings. The largest absolute Gasteiger partial charge is 0.455 e. The first-order valence-electron chi connectivity index (χ1n) is 8.76. The van der Waals surface area contributed by atoms with Crippen LogP contribution in [0.5, 0.6) is 0 Å². The number of hydrazone groups is 1. The molecule has 7 heteroatoms. The Morgan fingerprint density at radius 2 is 1.86 bits per heavy atom. The van der Waals surface area contributed by atoms with Crippen LogP contribution in [0, 0.1) is 18.3 Å². The van der Waals surface area contributed by atoms with Gasteiger partial charge < -0.3 is 8.83 Å². The molecule has 0 amide bonds. The zero-order valence-electron chi connectivity index (χ0n) is 15.4. The van der Waals surface area contributed by atoms with E-state index in [0.717, 1.165) is 16.7 Å². The Balaban J connectivity index is 1.51. The molecule has 0 aliphatic rings. The van der Waals surface area contributed by atoms with Crippen LogP contribution < -0.4 is 5.43 Å². The zero-order chi connectivity index (χ0) is 20.2. The van der Waals surface area contributed by atoms with E-state index in [1.165, 1.54) is 6.21 Å². The molecule has 0 spiro atoms. The second kappa shape index (κ2) is 8.05. The Hall–Kier alpha value is -3.82.